The summed E-state index contributed by atoms with van der Waals surface area (Å²) < 4.78 is 5.83. The van der Waals surface area contributed by atoms with Crippen LogP contribution in [0, 0.1) is 23.7 Å². The number of carbonyl (C=O) groups excluding carboxylic acids is 3. The molecule has 30 heavy (non-hydrogen) atoms. The molecule has 0 heterocycles. The zero-order valence-corrected chi connectivity index (χ0v) is 17.0. The molecular weight excluding hydrogens is 386 g/mol. The van der Waals surface area contributed by atoms with Crippen LogP contribution in [0.1, 0.15) is 48.5 Å². The summed E-state index contributed by atoms with van der Waals surface area (Å²) in [6.07, 6.45) is 1.91. The van der Waals surface area contributed by atoms with Gasteiger partial charge in [0.05, 0.1) is 24.2 Å². The van der Waals surface area contributed by atoms with Crippen molar-refractivity contribution >= 4 is 17.5 Å². The van der Waals surface area contributed by atoms with E-state index in [2.05, 4.69) is 6.92 Å². The Hall–Kier alpha value is -2.67. The Kier molecular flexibility index (Phi) is 5.40. The van der Waals surface area contributed by atoms with Gasteiger partial charge in [0.1, 0.15) is 17.4 Å². The van der Waals surface area contributed by atoms with E-state index in [0.29, 0.717) is 30.8 Å². The lowest BCUT2D eigenvalue weighted by atomic mass is 9.60. The van der Waals surface area contributed by atoms with E-state index >= 15 is 0 Å². The summed E-state index contributed by atoms with van der Waals surface area (Å²) in [6, 6.07) is 5.50. The number of amides is 1. The van der Waals surface area contributed by atoms with E-state index in [1.807, 2.05) is 12.1 Å². The van der Waals surface area contributed by atoms with Gasteiger partial charge in [0, 0.05) is 5.57 Å². The minimum atomic E-state index is -1.36. The molecule has 160 valence electrons. The van der Waals surface area contributed by atoms with Crippen LogP contribution in [0.4, 0.5) is 0 Å². The molecular formula is C23H27NO6. The maximum absolute atomic E-state index is 13.4. The number of aliphatic hydroxyl groups excluding tert-OH is 2. The van der Waals surface area contributed by atoms with E-state index in [0.717, 1.165) is 18.4 Å². The van der Waals surface area contributed by atoms with Gasteiger partial charge >= 0.3 is 0 Å². The normalized spacial score (nSPS) is 30.4. The first kappa shape index (κ1) is 20.6. The van der Waals surface area contributed by atoms with E-state index in [1.54, 1.807) is 6.07 Å². The molecule has 5 atom stereocenters. The lowest BCUT2D eigenvalue weighted by Crippen LogP contribution is -2.52. The molecule has 7 heteroatoms. The van der Waals surface area contributed by atoms with Gasteiger partial charge in [-0.05, 0) is 49.1 Å². The number of aliphatic hydroxyl groups is 2. The molecule has 1 aromatic rings. The third-order valence-corrected chi connectivity index (χ3v) is 6.69. The number of fused-ring (bicyclic) bond motifs is 3. The summed E-state index contributed by atoms with van der Waals surface area (Å²) in [6.45, 7) is 2.55. The number of hydrogen-bond acceptors (Lipinski definition) is 6. The first-order valence-corrected chi connectivity index (χ1v) is 10.6. The fourth-order valence-electron chi connectivity index (χ4n) is 5.32. The van der Waals surface area contributed by atoms with E-state index in [1.165, 1.54) is 0 Å². The fraction of sp³-hybridized carbons (Fsp3) is 0.522. The number of ether oxygens (including phenoxy) is 1. The van der Waals surface area contributed by atoms with Gasteiger partial charge < -0.3 is 20.7 Å². The average Bonchev–Trinajstić information content (AvgIpc) is 2.67. The molecule has 1 saturated carbocycles. The molecule has 1 aromatic carbocycles. The second-order valence-electron chi connectivity index (χ2n) is 8.58. The molecule has 3 aliphatic rings. The lowest BCUT2D eigenvalue weighted by Gasteiger charge is -2.43. The number of primary amides is 1. The van der Waals surface area contributed by atoms with Gasteiger partial charge in [-0.25, -0.2) is 0 Å². The largest absolute Gasteiger partial charge is 0.511 e. The lowest BCUT2D eigenvalue weighted by molar-refractivity contribution is -0.146. The monoisotopic (exact) mass is 413 g/mol. The molecule has 0 spiro atoms. The number of benzene rings is 1. The van der Waals surface area contributed by atoms with Crippen molar-refractivity contribution < 1.29 is 29.3 Å². The van der Waals surface area contributed by atoms with Gasteiger partial charge in [-0.15, -0.1) is 0 Å². The number of Topliss-reactive ketones (excluding diaryl/α,β-unsaturated/α-hetero) is 2. The van der Waals surface area contributed by atoms with Gasteiger partial charge in [0.15, 0.2) is 11.6 Å². The Balaban J connectivity index is 1.73. The number of ketones is 2. The zero-order chi connectivity index (χ0) is 21.6. The Morgan fingerprint density at radius 1 is 1.27 bits per heavy atom. The number of carbonyl (C=O) groups is 3. The Labute approximate surface area is 174 Å². The predicted octanol–water partition coefficient (Wildman–Crippen LogP) is 2.10. The molecule has 1 fully saturated rings. The number of allylic oxidation sites excluding steroid dienone is 2. The van der Waals surface area contributed by atoms with Gasteiger partial charge in [0.25, 0.3) is 0 Å². The van der Waals surface area contributed by atoms with Crippen LogP contribution in [0.15, 0.2) is 29.5 Å². The van der Waals surface area contributed by atoms with Gasteiger partial charge in [-0.1, -0.05) is 25.5 Å². The SMILES string of the molecule is CCCCOc1cccc2c1C(=O)C1=C(O)C3C(=O)C(C(N)=O)C(O)C[C@@H]3CC1C2. The summed E-state index contributed by atoms with van der Waals surface area (Å²) >= 11 is 0. The first-order valence-electron chi connectivity index (χ1n) is 10.6. The summed E-state index contributed by atoms with van der Waals surface area (Å²) in [5.74, 6) is -4.49. The summed E-state index contributed by atoms with van der Waals surface area (Å²) in [5, 5.41) is 21.3. The Morgan fingerprint density at radius 2 is 2.03 bits per heavy atom. The molecule has 4 N–H and O–H groups in total. The van der Waals surface area contributed by atoms with Crippen molar-refractivity contribution in [3.05, 3.63) is 40.7 Å². The highest BCUT2D eigenvalue weighted by Crippen LogP contribution is 2.49. The van der Waals surface area contributed by atoms with Crippen LogP contribution in [-0.4, -0.2) is 40.4 Å². The highest BCUT2D eigenvalue weighted by Gasteiger charge is 2.53. The second kappa shape index (κ2) is 7.87. The Morgan fingerprint density at radius 3 is 2.73 bits per heavy atom. The molecule has 0 aliphatic heterocycles. The number of rotatable bonds is 5. The molecule has 0 aromatic heterocycles. The third-order valence-electron chi connectivity index (χ3n) is 6.69. The number of hydrogen-bond donors (Lipinski definition) is 3. The third kappa shape index (κ3) is 3.21. The van der Waals surface area contributed by atoms with Crippen molar-refractivity contribution in [1.29, 1.82) is 0 Å². The zero-order valence-electron chi connectivity index (χ0n) is 17.0. The highest BCUT2D eigenvalue weighted by molar-refractivity contribution is 6.14. The van der Waals surface area contributed by atoms with E-state index in [-0.39, 0.29) is 35.4 Å². The molecule has 4 unspecified atom stereocenters. The summed E-state index contributed by atoms with van der Waals surface area (Å²) in [7, 11) is 0. The van der Waals surface area contributed by atoms with Crippen LogP contribution in [0.2, 0.25) is 0 Å². The van der Waals surface area contributed by atoms with Crippen LogP contribution in [0.3, 0.4) is 0 Å². The van der Waals surface area contributed by atoms with E-state index in [4.69, 9.17) is 10.5 Å². The van der Waals surface area contributed by atoms with Crippen LogP contribution >= 0.6 is 0 Å². The standard InChI is InChI=1S/C23H27NO6/c1-2-3-7-30-15-6-4-5-11-8-12-9-13-10-14(25)19(23(24)29)22(28)18(13)21(27)17(12)20(26)16(11)15/h4-6,12-14,18-19,25,27H,2-3,7-10H2,1H3,(H2,24,29)/t12?,13-,14?,18?,19?/m0/s1. The van der Waals surface area contributed by atoms with Crippen molar-refractivity contribution in [2.24, 2.45) is 29.4 Å². The van der Waals surface area contributed by atoms with Crippen LogP contribution in [0.5, 0.6) is 5.75 Å². The van der Waals surface area contributed by atoms with Crippen LogP contribution < -0.4 is 10.5 Å². The maximum atomic E-state index is 13.4. The Bertz CT molecular complexity index is 936. The van der Waals surface area contributed by atoms with E-state index in [9.17, 15) is 24.6 Å². The van der Waals surface area contributed by atoms with Crippen molar-refractivity contribution in [2.45, 2.75) is 45.1 Å². The molecule has 1 amide bonds. The maximum Gasteiger partial charge on any atom is 0.230 e. The highest BCUT2D eigenvalue weighted by atomic mass is 16.5. The molecule has 0 saturated heterocycles. The second-order valence-corrected chi connectivity index (χ2v) is 8.58. The van der Waals surface area contributed by atoms with Gasteiger partial charge in [-0.2, -0.15) is 0 Å². The minimum Gasteiger partial charge on any atom is -0.511 e. The summed E-state index contributed by atoms with van der Waals surface area (Å²) in [4.78, 5) is 38.0. The smallest absolute Gasteiger partial charge is 0.230 e. The van der Waals surface area contributed by atoms with Crippen molar-refractivity contribution in [3.63, 3.8) is 0 Å². The molecule has 0 bridgehead atoms. The quantitative estimate of drug-likeness (QED) is 0.501. The van der Waals surface area contributed by atoms with E-state index < -0.39 is 29.6 Å². The van der Waals surface area contributed by atoms with Crippen molar-refractivity contribution in [1.82, 2.24) is 0 Å². The molecule has 3 aliphatic carbocycles. The number of unbranched alkanes of at least 4 members (excludes halogenated alkanes) is 1. The first-order chi connectivity index (χ1) is 14.3. The average molecular weight is 413 g/mol. The topological polar surface area (TPSA) is 127 Å². The molecule has 4 rings (SSSR count). The van der Waals surface area contributed by atoms with Gasteiger partial charge in [-0.3, -0.25) is 14.4 Å². The molecule has 0 radical (unpaired) electrons. The predicted molar refractivity (Wildman–Crippen MR) is 108 cm³/mol. The molecule has 7 nitrogen and oxygen atoms in total. The summed E-state index contributed by atoms with van der Waals surface area (Å²) in [5.41, 5.74) is 6.86. The fourth-order valence-corrected chi connectivity index (χ4v) is 5.32. The van der Waals surface area contributed by atoms with Crippen LogP contribution in [-0.2, 0) is 16.0 Å². The van der Waals surface area contributed by atoms with Crippen molar-refractivity contribution in [3.8, 4) is 5.75 Å². The van der Waals surface area contributed by atoms with Gasteiger partial charge in [0.2, 0.25) is 5.91 Å². The minimum absolute atomic E-state index is 0.194. The van der Waals surface area contributed by atoms with Crippen molar-refractivity contribution in [2.75, 3.05) is 6.61 Å². The number of nitrogens with two attached hydrogens (primary N) is 1. The van der Waals surface area contributed by atoms with Crippen LogP contribution in [0.25, 0.3) is 0 Å².